The van der Waals surface area contributed by atoms with E-state index in [0.717, 1.165) is 5.56 Å². The molecule has 0 amide bonds. The summed E-state index contributed by atoms with van der Waals surface area (Å²) in [4.78, 5) is 15.9. The van der Waals surface area contributed by atoms with E-state index in [2.05, 4.69) is 15.2 Å². The van der Waals surface area contributed by atoms with Crippen LogP contribution in [0.2, 0.25) is 0 Å². The number of rotatable bonds is 3. The van der Waals surface area contributed by atoms with Gasteiger partial charge in [-0.05, 0) is 19.4 Å². The number of aryl methyl sites for hydroxylation is 2. The maximum Gasteiger partial charge on any atom is 0.359 e. The Morgan fingerprint density at radius 2 is 1.89 bits per heavy atom. The monoisotopic (exact) mass is 243 g/mol. The third-order valence-electron chi connectivity index (χ3n) is 2.37. The lowest BCUT2D eigenvalue weighted by Gasteiger charge is -2.05. The van der Waals surface area contributed by atoms with E-state index in [4.69, 9.17) is 4.74 Å². The van der Waals surface area contributed by atoms with Crippen molar-refractivity contribution < 1.29 is 9.53 Å². The molecule has 0 N–H and O–H groups in total. The minimum Gasteiger partial charge on any atom is -0.456 e. The van der Waals surface area contributed by atoms with Crippen molar-refractivity contribution in [2.24, 2.45) is 0 Å². The molecule has 0 spiro atoms. The standard InChI is InChI=1S/C13H13N3O2/c1-9-12(14-10(2)16-15-9)13(17)18-8-11-6-4-3-5-7-11/h3-7H,8H2,1-2H3. The molecule has 1 aromatic carbocycles. The van der Waals surface area contributed by atoms with Gasteiger partial charge < -0.3 is 4.74 Å². The van der Waals surface area contributed by atoms with E-state index in [-0.39, 0.29) is 12.3 Å². The third-order valence-corrected chi connectivity index (χ3v) is 2.37. The van der Waals surface area contributed by atoms with Crippen molar-refractivity contribution in [1.82, 2.24) is 15.2 Å². The topological polar surface area (TPSA) is 65.0 Å². The van der Waals surface area contributed by atoms with E-state index in [1.54, 1.807) is 13.8 Å². The summed E-state index contributed by atoms with van der Waals surface area (Å²) >= 11 is 0. The van der Waals surface area contributed by atoms with Crippen LogP contribution in [-0.4, -0.2) is 21.2 Å². The summed E-state index contributed by atoms with van der Waals surface area (Å²) < 4.78 is 5.18. The first-order valence-electron chi connectivity index (χ1n) is 5.56. The SMILES string of the molecule is Cc1nnc(C)c(C(=O)OCc2ccccc2)n1. The number of carbonyl (C=O) groups excluding carboxylic acids is 1. The second-order valence-corrected chi connectivity index (χ2v) is 3.85. The van der Waals surface area contributed by atoms with E-state index in [9.17, 15) is 4.79 Å². The summed E-state index contributed by atoms with van der Waals surface area (Å²) in [6.07, 6.45) is 0. The zero-order chi connectivity index (χ0) is 13.0. The van der Waals surface area contributed by atoms with Gasteiger partial charge in [-0.1, -0.05) is 30.3 Å². The smallest absolute Gasteiger partial charge is 0.359 e. The number of esters is 1. The van der Waals surface area contributed by atoms with Gasteiger partial charge in [0.15, 0.2) is 5.69 Å². The minimum absolute atomic E-state index is 0.221. The Bertz CT molecular complexity index is 555. The van der Waals surface area contributed by atoms with Crippen molar-refractivity contribution in [3.8, 4) is 0 Å². The maximum atomic E-state index is 11.8. The van der Waals surface area contributed by atoms with Crippen molar-refractivity contribution in [3.05, 3.63) is 53.1 Å². The molecule has 0 fully saturated rings. The van der Waals surface area contributed by atoms with Gasteiger partial charge in [-0.25, -0.2) is 9.78 Å². The lowest BCUT2D eigenvalue weighted by molar-refractivity contribution is 0.0463. The van der Waals surface area contributed by atoms with Gasteiger partial charge in [-0.3, -0.25) is 0 Å². The Hall–Kier alpha value is -2.30. The van der Waals surface area contributed by atoms with Crippen molar-refractivity contribution >= 4 is 5.97 Å². The molecule has 92 valence electrons. The van der Waals surface area contributed by atoms with Crippen molar-refractivity contribution in [3.63, 3.8) is 0 Å². The van der Waals surface area contributed by atoms with Gasteiger partial charge in [0.1, 0.15) is 12.4 Å². The van der Waals surface area contributed by atoms with Crippen LogP contribution in [0.1, 0.15) is 27.6 Å². The van der Waals surface area contributed by atoms with Crippen LogP contribution in [0.15, 0.2) is 30.3 Å². The lowest BCUT2D eigenvalue weighted by atomic mass is 10.2. The van der Waals surface area contributed by atoms with Crippen LogP contribution in [0, 0.1) is 13.8 Å². The number of hydrogen-bond acceptors (Lipinski definition) is 5. The van der Waals surface area contributed by atoms with Gasteiger partial charge in [-0.2, -0.15) is 5.10 Å². The fraction of sp³-hybridized carbons (Fsp3) is 0.231. The molecule has 5 heteroatoms. The van der Waals surface area contributed by atoms with Crippen molar-refractivity contribution in [2.75, 3.05) is 0 Å². The normalized spacial score (nSPS) is 10.1. The molecule has 2 rings (SSSR count). The molecule has 1 aromatic heterocycles. The molecule has 0 radical (unpaired) electrons. The molecule has 0 aliphatic carbocycles. The van der Waals surface area contributed by atoms with Gasteiger partial charge in [-0.15, -0.1) is 5.10 Å². The number of benzene rings is 1. The lowest BCUT2D eigenvalue weighted by Crippen LogP contribution is -2.12. The molecular formula is C13H13N3O2. The Labute approximate surface area is 105 Å². The van der Waals surface area contributed by atoms with E-state index >= 15 is 0 Å². The molecule has 1 heterocycles. The zero-order valence-electron chi connectivity index (χ0n) is 10.3. The fourth-order valence-corrected chi connectivity index (χ4v) is 1.44. The van der Waals surface area contributed by atoms with Crippen LogP contribution in [0.4, 0.5) is 0 Å². The summed E-state index contributed by atoms with van der Waals surface area (Å²) in [5.41, 5.74) is 1.62. The highest BCUT2D eigenvalue weighted by Gasteiger charge is 2.14. The predicted molar refractivity (Wildman–Crippen MR) is 64.9 cm³/mol. The molecule has 0 saturated heterocycles. The number of hydrogen-bond donors (Lipinski definition) is 0. The summed E-state index contributed by atoms with van der Waals surface area (Å²) in [6, 6.07) is 9.48. The Morgan fingerprint density at radius 3 is 2.61 bits per heavy atom. The molecule has 0 unspecified atom stereocenters. The number of ether oxygens (including phenoxy) is 1. The van der Waals surface area contributed by atoms with Gasteiger partial charge in [0.2, 0.25) is 0 Å². The first-order chi connectivity index (χ1) is 8.66. The highest BCUT2D eigenvalue weighted by molar-refractivity contribution is 5.88. The first kappa shape index (κ1) is 12.2. The summed E-state index contributed by atoms with van der Waals surface area (Å²) in [6.45, 7) is 3.58. The van der Waals surface area contributed by atoms with E-state index < -0.39 is 5.97 Å². The van der Waals surface area contributed by atoms with Crippen molar-refractivity contribution in [2.45, 2.75) is 20.5 Å². The molecule has 18 heavy (non-hydrogen) atoms. The number of carbonyl (C=O) groups is 1. The molecule has 2 aromatic rings. The Kier molecular flexibility index (Phi) is 3.62. The summed E-state index contributed by atoms with van der Waals surface area (Å²) in [5.74, 6) is -0.0263. The largest absolute Gasteiger partial charge is 0.456 e. The maximum absolute atomic E-state index is 11.8. The molecule has 0 saturated carbocycles. The van der Waals surface area contributed by atoms with Crippen LogP contribution < -0.4 is 0 Å². The summed E-state index contributed by atoms with van der Waals surface area (Å²) in [5, 5.41) is 7.61. The van der Waals surface area contributed by atoms with E-state index in [1.807, 2.05) is 30.3 Å². The molecule has 0 aliphatic heterocycles. The van der Waals surface area contributed by atoms with E-state index in [0.29, 0.717) is 11.5 Å². The first-order valence-corrected chi connectivity index (χ1v) is 5.56. The zero-order valence-corrected chi connectivity index (χ0v) is 10.3. The Morgan fingerprint density at radius 1 is 1.17 bits per heavy atom. The fourth-order valence-electron chi connectivity index (χ4n) is 1.44. The van der Waals surface area contributed by atoms with Gasteiger partial charge in [0.25, 0.3) is 0 Å². The minimum atomic E-state index is -0.477. The number of nitrogens with zero attached hydrogens (tertiary/aromatic N) is 3. The van der Waals surface area contributed by atoms with Crippen molar-refractivity contribution in [1.29, 1.82) is 0 Å². The second kappa shape index (κ2) is 5.35. The van der Waals surface area contributed by atoms with Crippen LogP contribution in [0.25, 0.3) is 0 Å². The van der Waals surface area contributed by atoms with Crippen LogP contribution in [0.3, 0.4) is 0 Å². The van der Waals surface area contributed by atoms with Gasteiger partial charge in [0, 0.05) is 0 Å². The van der Waals surface area contributed by atoms with Crippen LogP contribution in [0.5, 0.6) is 0 Å². The molecule has 0 atom stereocenters. The van der Waals surface area contributed by atoms with Gasteiger partial charge in [0.05, 0.1) is 5.69 Å². The van der Waals surface area contributed by atoms with Crippen LogP contribution in [-0.2, 0) is 11.3 Å². The molecular weight excluding hydrogens is 230 g/mol. The molecule has 5 nitrogen and oxygen atoms in total. The second-order valence-electron chi connectivity index (χ2n) is 3.85. The van der Waals surface area contributed by atoms with Crippen LogP contribution >= 0.6 is 0 Å². The predicted octanol–water partition coefficient (Wildman–Crippen LogP) is 1.85. The highest BCUT2D eigenvalue weighted by Crippen LogP contribution is 2.06. The van der Waals surface area contributed by atoms with Gasteiger partial charge >= 0.3 is 5.97 Å². The molecule has 0 aliphatic rings. The third kappa shape index (κ3) is 2.88. The number of aromatic nitrogens is 3. The summed E-state index contributed by atoms with van der Waals surface area (Å²) in [7, 11) is 0. The molecule has 0 bridgehead atoms. The Balaban J connectivity index is 2.06. The van der Waals surface area contributed by atoms with E-state index in [1.165, 1.54) is 0 Å². The average Bonchev–Trinajstić information content (AvgIpc) is 2.40. The average molecular weight is 243 g/mol. The highest BCUT2D eigenvalue weighted by atomic mass is 16.5. The quantitative estimate of drug-likeness (QED) is 0.770.